The average molecular weight is 357 g/mol. The summed E-state index contributed by atoms with van der Waals surface area (Å²) >= 11 is 6.22. The maximum atomic E-state index is 12.1. The normalized spacial score (nSPS) is 14.4. The van der Waals surface area contributed by atoms with Gasteiger partial charge < -0.3 is 10.2 Å². The monoisotopic (exact) mass is 356 g/mol. The Hall–Kier alpha value is -2.57. The molecule has 0 amide bonds. The Morgan fingerprint density at radius 3 is 2.96 bits per heavy atom. The molecule has 6 nitrogen and oxygen atoms in total. The standard InChI is InChI=1S/C18H17ClN4O2/c19-14-4-2-1-3-12(14)16-6-5-11(25-16)9-23-8-7-15-13(10-23)17(24)22-18(20)21-15/h1-6H,7-10H2,(H3,20,21,22,24). The van der Waals surface area contributed by atoms with Crippen molar-refractivity contribution < 1.29 is 4.42 Å². The van der Waals surface area contributed by atoms with E-state index in [2.05, 4.69) is 14.9 Å². The van der Waals surface area contributed by atoms with Gasteiger partial charge in [-0.05, 0) is 24.3 Å². The molecule has 0 fully saturated rings. The number of furan rings is 1. The first-order valence-corrected chi connectivity index (χ1v) is 8.41. The minimum Gasteiger partial charge on any atom is -0.460 e. The summed E-state index contributed by atoms with van der Waals surface area (Å²) in [5, 5.41) is 0.658. The molecule has 0 bridgehead atoms. The summed E-state index contributed by atoms with van der Waals surface area (Å²) in [6, 6.07) is 11.4. The van der Waals surface area contributed by atoms with Crippen molar-refractivity contribution in [2.75, 3.05) is 12.3 Å². The number of nitrogens with two attached hydrogens (primary N) is 1. The fraction of sp³-hybridized carbons (Fsp3) is 0.222. The van der Waals surface area contributed by atoms with Crippen LogP contribution in [0.1, 0.15) is 17.0 Å². The minimum absolute atomic E-state index is 0.164. The molecule has 1 aliphatic rings. The molecule has 0 saturated carbocycles. The lowest BCUT2D eigenvalue weighted by Crippen LogP contribution is -2.35. The van der Waals surface area contributed by atoms with Crippen molar-refractivity contribution in [1.82, 2.24) is 14.9 Å². The highest BCUT2D eigenvalue weighted by Crippen LogP contribution is 2.29. The fourth-order valence-electron chi connectivity index (χ4n) is 3.12. The molecule has 3 N–H and O–H groups in total. The number of fused-ring (bicyclic) bond motifs is 1. The largest absolute Gasteiger partial charge is 0.460 e. The van der Waals surface area contributed by atoms with Crippen LogP contribution < -0.4 is 11.3 Å². The number of halogens is 1. The third-order valence-electron chi connectivity index (χ3n) is 4.35. The molecule has 0 radical (unpaired) electrons. The van der Waals surface area contributed by atoms with E-state index < -0.39 is 0 Å². The van der Waals surface area contributed by atoms with Crippen molar-refractivity contribution in [3.63, 3.8) is 0 Å². The second-order valence-electron chi connectivity index (χ2n) is 6.08. The molecule has 7 heteroatoms. The fourth-order valence-corrected chi connectivity index (χ4v) is 3.35. The summed E-state index contributed by atoms with van der Waals surface area (Å²) in [6.07, 6.45) is 0.696. The molecule has 1 aliphatic heterocycles. The van der Waals surface area contributed by atoms with Crippen LogP contribution in [0.4, 0.5) is 5.95 Å². The summed E-state index contributed by atoms with van der Waals surface area (Å²) in [6.45, 7) is 1.94. The summed E-state index contributed by atoms with van der Waals surface area (Å²) in [5.41, 5.74) is 7.78. The molecule has 2 aromatic heterocycles. The minimum atomic E-state index is -0.164. The molecular formula is C18H17ClN4O2. The molecule has 0 atom stereocenters. The Bertz CT molecular complexity index is 979. The van der Waals surface area contributed by atoms with Gasteiger partial charge in [0.05, 0.1) is 22.8 Å². The topological polar surface area (TPSA) is 88.1 Å². The van der Waals surface area contributed by atoms with Gasteiger partial charge in [-0.3, -0.25) is 14.7 Å². The zero-order valence-electron chi connectivity index (χ0n) is 13.5. The summed E-state index contributed by atoms with van der Waals surface area (Å²) in [4.78, 5) is 21.0. The molecule has 4 rings (SSSR count). The van der Waals surface area contributed by atoms with Gasteiger partial charge in [0.15, 0.2) is 0 Å². The average Bonchev–Trinajstić information content (AvgIpc) is 3.04. The van der Waals surface area contributed by atoms with Crippen LogP contribution in [0.3, 0.4) is 0 Å². The lowest BCUT2D eigenvalue weighted by Gasteiger charge is -2.26. The first kappa shape index (κ1) is 15.9. The molecule has 0 saturated heterocycles. The van der Waals surface area contributed by atoms with E-state index in [4.69, 9.17) is 21.8 Å². The van der Waals surface area contributed by atoms with Crippen molar-refractivity contribution in [1.29, 1.82) is 0 Å². The summed E-state index contributed by atoms with van der Waals surface area (Å²) in [5.74, 6) is 1.75. The predicted octanol–water partition coefficient (Wildman–Crippen LogP) is 2.82. The van der Waals surface area contributed by atoms with Crippen molar-refractivity contribution in [3.8, 4) is 11.3 Å². The molecule has 1 aromatic carbocycles. The number of nitrogen functional groups attached to an aromatic ring is 1. The lowest BCUT2D eigenvalue weighted by atomic mass is 10.1. The second-order valence-corrected chi connectivity index (χ2v) is 6.49. The zero-order valence-corrected chi connectivity index (χ0v) is 14.2. The number of rotatable bonds is 3. The molecule has 3 heterocycles. The van der Waals surface area contributed by atoms with Crippen LogP contribution in [0.15, 0.2) is 45.6 Å². The van der Waals surface area contributed by atoms with E-state index in [-0.39, 0.29) is 11.5 Å². The van der Waals surface area contributed by atoms with Gasteiger partial charge in [0, 0.05) is 25.1 Å². The molecular weight excluding hydrogens is 340 g/mol. The number of anilines is 1. The van der Waals surface area contributed by atoms with Crippen LogP contribution in [-0.2, 0) is 19.5 Å². The van der Waals surface area contributed by atoms with Crippen LogP contribution in [0.25, 0.3) is 11.3 Å². The van der Waals surface area contributed by atoms with Crippen LogP contribution in [-0.4, -0.2) is 21.4 Å². The van der Waals surface area contributed by atoms with Gasteiger partial charge >= 0.3 is 0 Å². The van der Waals surface area contributed by atoms with Gasteiger partial charge in [-0.15, -0.1) is 0 Å². The number of hydrogen-bond acceptors (Lipinski definition) is 5. The number of aromatic amines is 1. The molecule has 3 aromatic rings. The van der Waals surface area contributed by atoms with Crippen molar-refractivity contribution in [3.05, 3.63) is 68.8 Å². The number of nitrogens with zero attached hydrogens (tertiary/aromatic N) is 2. The van der Waals surface area contributed by atoms with Gasteiger partial charge in [-0.1, -0.05) is 23.7 Å². The van der Waals surface area contributed by atoms with E-state index >= 15 is 0 Å². The smallest absolute Gasteiger partial charge is 0.257 e. The molecule has 0 unspecified atom stereocenters. The highest BCUT2D eigenvalue weighted by Gasteiger charge is 2.22. The van der Waals surface area contributed by atoms with Gasteiger partial charge in [0.2, 0.25) is 5.95 Å². The van der Waals surface area contributed by atoms with Crippen LogP contribution >= 0.6 is 11.6 Å². The first-order valence-electron chi connectivity index (χ1n) is 8.03. The maximum Gasteiger partial charge on any atom is 0.257 e. The highest BCUT2D eigenvalue weighted by atomic mass is 35.5. The van der Waals surface area contributed by atoms with E-state index in [0.717, 1.165) is 29.3 Å². The van der Waals surface area contributed by atoms with Crippen molar-refractivity contribution >= 4 is 17.5 Å². The first-order chi connectivity index (χ1) is 12.1. The van der Waals surface area contributed by atoms with Gasteiger partial charge in [-0.25, -0.2) is 4.98 Å². The highest BCUT2D eigenvalue weighted by molar-refractivity contribution is 6.33. The van der Waals surface area contributed by atoms with Crippen LogP contribution in [0.2, 0.25) is 5.02 Å². The van der Waals surface area contributed by atoms with Crippen LogP contribution in [0, 0.1) is 0 Å². The molecule has 128 valence electrons. The summed E-state index contributed by atoms with van der Waals surface area (Å²) < 4.78 is 5.94. The maximum absolute atomic E-state index is 12.1. The Morgan fingerprint density at radius 2 is 2.12 bits per heavy atom. The number of nitrogens with one attached hydrogen (secondary N) is 1. The lowest BCUT2D eigenvalue weighted by molar-refractivity contribution is 0.223. The van der Waals surface area contributed by atoms with E-state index in [1.54, 1.807) is 0 Å². The van der Waals surface area contributed by atoms with E-state index in [0.29, 0.717) is 30.1 Å². The number of benzene rings is 1. The number of hydrogen-bond donors (Lipinski definition) is 2. The zero-order chi connectivity index (χ0) is 17.4. The summed E-state index contributed by atoms with van der Waals surface area (Å²) in [7, 11) is 0. The van der Waals surface area contributed by atoms with Crippen LogP contribution in [0.5, 0.6) is 0 Å². The van der Waals surface area contributed by atoms with Gasteiger partial charge in [-0.2, -0.15) is 0 Å². The van der Waals surface area contributed by atoms with Crippen molar-refractivity contribution in [2.45, 2.75) is 19.5 Å². The third kappa shape index (κ3) is 3.18. The van der Waals surface area contributed by atoms with Crippen molar-refractivity contribution in [2.24, 2.45) is 0 Å². The molecule has 0 aliphatic carbocycles. The third-order valence-corrected chi connectivity index (χ3v) is 4.68. The Labute approximate surface area is 149 Å². The number of aromatic nitrogens is 2. The van der Waals surface area contributed by atoms with Gasteiger partial charge in [0.1, 0.15) is 11.5 Å². The number of H-pyrrole nitrogens is 1. The Kier molecular flexibility index (Phi) is 4.07. The van der Waals surface area contributed by atoms with E-state index in [1.807, 2.05) is 36.4 Å². The SMILES string of the molecule is Nc1nc2c(c(=O)[nH]1)CN(Cc1ccc(-c3ccccc3Cl)o1)CC2. The van der Waals surface area contributed by atoms with E-state index in [1.165, 1.54) is 0 Å². The van der Waals surface area contributed by atoms with Gasteiger partial charge in [0.25, 0.3) is 5.56 Å². The molecule has 0 spiro atoms. The molecule has 25 heavy (non-hydrogen) atoms. The Balaban J connectivity index is 1.52. The Morgan fingerprint density at radius 1 is 1.28 bits per heavy atom. The van der Waals surface area contributed by atoms with E-state index in [9.17, 15) is 4.79 Å². The second kappa shape index (κ2) is 6.38. The quantitative estimate of drug-likeness (QED) is 0.753. The predicted molar refractivity (Wildman–Crippen MR) is 96.2 cm³/mol.